The fourth-order valence-electron chi connectivity index (χ4n) is 4.19. The summed E-state index contributed by atoms with van der Waals surface area (Å²) in [6.07, 6.45) is 7.74. The number of hydrogen-bond donors (Lipinski definition) is 2. The fraction of sp³-hybridized carbons (Fsp3) is 0.545. The molecule has 0 radical (unpaired) electrons. The molecule has 160 valence electrons. The van der Waals surface area contributed by atoms with Crippen LogP contribution in [0.4, 0.5) is 10.5 Å². The van der Waals surface area contributed by atoms with Crippen LogP contribution in [-0.2, 0) is 0 Å². The number of benzene rings is 1. The number of carbonyl (C=O) groups excluding carboxylic acids is 2. The van der Waals surface area contributed by atoms with E-state index in [4.69, 9.17) is 0 Å². The molecule has 8 heteroatoms. The van der Waals surface area contributed by atoms with Gasteiger partial charge in [-0.2, -0.15) is 0 Å². The molecular weight excluding hydrogens is 398 g/mol. The van der Waals surface area contributed by atoms with Gasteiger partial charge >= 0.3 is 6.03 Å². The van der Waals surface area contributed by atoms with E-state index >= 15 is 0 Å². The van der Waals surface area contributed by atoms with Crippen molar-refractivity contribution in [1.82, 2.24) is 20.4 Å². The molecule has 1 atom stereocenters. The van der Waals surface area contributed by atoms with Crippen LogP contribution in [0.25, 0.3) is 0 Å². The quantitative estimate of drug-likeness (QED) is 0.761. The van der Waals surface area contributed by atoms with Crippen LogP contribution in [0.2, 0.25) is 0 Å². The van der Waals surface area contributed by atoms with E-state index in [1.807, 2.05) is 36.1 Å². The SMILES string of the molecule is Cc1ccc(NC(=O)c2nnc(C3CCCN(C(=O)NC4CCCCC4)C3)s2)cc1. The molecule has 2 fully saturated rings. The van der Waals surface area contributed by atoms with Gasteiger partial charge < -0.3 is 15.5 Å². The highest BCUT2D eigenvalue weighted by Gasteiger charge is 2.29. The number of likely N-dealkylation sites (tertiary alicyclic amines) is 1. The minimum absolute atomic E-state index is 0.0356. The molecule has 1 aromatic heterocycles. The van der Waals surface area contributed by atoms with E-state index in [-0.39, 0.29) is 17.9 Å². The Hall–Kier alpha value is -2.48. The first kappa shape index (κ1) is 20.8. The van der Waals surface area contributed by atoms with Gasteiger partial charge in [0.15, 0.2) is 0 Å². The van der Waals surface area contributed by atoms with Crippen molar-refractivity contribution in [2.75, 3.05) is 18.4 Å². The summed E-state index contributed by atoms with van der Waals surface area (Å²) in [4.78, 5) is 27.1. The van der Waals surface area contributed by atoms with Gasteiger partial charge in [0.05, 0.1) is 0 Å². The predicted molar refractivity (Wildman–Crippen MR) is 118 cm³/mol. The number of nitrogens with one attached hydrogen (secondary N) is 2. The summed E-state index contributed by atoms with van der Waals surface area (Å²) in [5, 5.41) is 15.6. The highest BCUT2D eigenvalue weighted by molar-refractivity contribution is 7.13. The molecule has 1 aromatic carbocycles. The summed E-state index contributed by atoms with van der Waals surface area (Å²) in [5.74, 6) is -0.111. The Morgan fingerprint density at radius 1 is 1.03 bits per heavy atom. The van der Waals surface area contributed by atoms with E-state index in [0.29, 0.717) is 17.6 Å². The monoisotopic (exact) mass is 427 g/mol. The Bertz CT molecular complexity index is 876. The van der Waals surface area contributed by atoms with Crippen LogP contribution in [-0.4, -0.2) is 46.2 Å². The number of aromatic nitrogens is 2. The average molecular weight is 428 g/mol. The van der Waals surface area contributed by atoms with Gasteiger partial charge in [-0.3, -0.25) is 4.79 Å². The van der Waals surface area contributed by atoms with Crippen molar-refractivity contribution in [3.8, 4) is 0 Å². The third-order valence-electron chi connectivity index (χ3n) is 5.93. The van der Waals surface area contributed by atoms with Gasteiger partial charge in [0.25, 0.3) is 5.91 Å². The molecule has 2 aliphatic rings. The van der Waals surface area contributed by atoms with Crippen molar-refractivity contribution >= 4 is 29.0 Å². The van der Waals surface area contributed by atoms with Crippen LogP contribution in [0, 0.1) is 6.92 Å². The Balaban J connectivity index is 1.34. The zero-order valence-corrected chi connectivity index (χ0v) is 18.2. The zero-order valence-electron chi connectivity index (χ0n) is 17.4. The summed E-state index contributed by atoms with van der Waals surface area (Å²) in [6.45, 7) is 3.41. The minimum Gasteiger partial charge on any atom is -0.335 e. The van der Waals surface area contributed by atoms with Gasteiger partial charge in [0.1, 0.15) is 5.01 Å². The van der Waals surface area contributed by atoms with Crippen LogP contribution < -0.4 is 10.6 Å². The van der Waals surface area contributed by atoms with Gasteiger partial charge in [-0.15, -0.1) is 10.2 Å². The van der Waals surface area contributed by atoms with Gasteiger partial charge in [0, 0.05) is 30.7 Å². The van der Waals surface area contributed by atoms with E-state index in [1.165, 1.54) is 30.6 Å². The molecule has 4 rings (SSSR count). The topological polar surface area (TPSA) is 87.2 Å². The van der Waals surface area contributed by atoms with E-state index in [2.05, 4.69) is 20.8 Å². The first-order valence-electron chi connectivity index (χ1n) is 10.9. The third kappa shape index (κ3) is 5.16. The van der Waals surface area contributed by atoms with Gasteiger partial charge in [-0.05, 0) is 44.7 Å². The highest BCUT2D eigenvalue weighted by Crippen LogP contribution is 2.29. The standard InChI is InChI=1S/C22H29N5O2S/c1-15-9-11-18(12-10-15)23-19(28)21-26-25-20(30-21)16-6-5-13-27(14-16)22(29)24-17-7-3-2-4-8-17/h9-12,16-17H,2-8,13-14H2,1H3,(H,23,28)(H,24,29). The molecule has 0 bridgehead atoms. The number of amides is 3. The number of rotatable bonds is 4. The predicted octanol–water partition coefficient (Wildman–Crippen LogP) is 4.32. The van der Waals surface area contributed by atoms with E-state index < -0.39 is 0 Å². The van der Waals surface area contributed by atoms with Crippen molar-refractivity contribution in [3.63, 3.8) is 0 Å². The van der Waals surface area contributed by atoms with Crippen LogP contribution >= 0.6 is 11.3 Å². The molecule has 2 N–H and O–H groups in total. The summed E-state index contributed by atoms with van der Waals surface area (Å²) in [5.41, 5.74) is 1.88. The summed E-state index contributed by atoms with van der Waals surface area (Å²) >= 11 is 1.33. The average Bonchev–Trinajstić information content (AvgIpc) is 3.27. The third-order valence-corrected chi connectivity index (χ3v) is 7.02. The number of carbonyl (C=O) groups is 2. The van der Waals surface area contributed by atoms with Crippen molar-refractivity contribution < 1.29 is 9.59 Å². The number of piperidine rings is 1. The lowest BCUT2D eigenvalue weighted by atomic mass is 9.95. The molecule has 1 saturated carbocycles. The second-order valence-corrected chi connectivity index (χ2v) is 9.34. The molecule has 1 aliphatic carbocycles. The van der Waals surface area contributed by atoms with Gasteiger partial charge in [-0.25, -0.2) is 4.79 Å². The van der Waals surface area contributed by atoms with Crippen molar-refractivity contribution in [1.29, 1.82) is 0 Å². The normalized spacial score (nSPS) is 20.0. The molecule has 3 amide bonds. The zero-order chi connectivity index (χ0) is 20.9. The Morgan fingerprint density at radius 2 is 1.80 bits per heavy atom. The van der Waals surface area contributed by atoms with E-state index in [9.17, 15) is 9.59 Å². The molecule has 1 unspecified atom stereocenters. The maximum atomic E-state index is 12.7. The Morgan fingerprint density at radius 3 is 2.57 bits per heavy atom. The number of anilines is 1. The fourth-order valence-corrected chi connectivity index (χ4v) is 5.05. The lowest BCUT2D eigenvalue weighted by Crippen LogP contribution is -2.48. The Labute approximate surface area is 181 Å². The lowest BCUT2D eigenvalue weighted by molar-refractivity contribution is 0.102. The smallest absolute Gasteiger partial charge is 0.317 e. The van der Waals surface area contributed by atoms with Crippen LogP contribution in [0.3, 0.4) is 0 Å². The van der Waals surface area contributed by atoms with Crippen molar-refractivity contribution in [2.24, 2.45) is 0 Å². The number of urea groups is 1. The summed E-state index contributed by atoms with van der Waals surface area (Å²) in [7, 11) is 0. The second kappa shape index (κ2) is 9.55. The van der Waals surface area contributed by atoms with Crippen LogP contribution in [0.15, 0.2) is 24.3 Å². The largest absolute Gasteiger partial charge is 0.335 e. The summed E-state index contributed by atoms with van der Waals surface area (Å²) < 4.78 is 0. The highest BCUT2D eigenvalue weighted by atomic mass is 32.1. The minimum atomic E-state index is -0.245. The van der Waals surface area contributed by atoms with E-state index in [0.717, 1.165) is 48.5 Å². The van der Waals surface area contributed by atoms with Crippen molar-refractivity contribution in [3.05, 3.63) is 39.8 Å². The second-order valence-electron chi connectivity index (χ2n) is 8.34. The maximum absolute atomic E-state index is 12.7. The van der Waals surface area contributed by atoms with Crippen LogP contribution in [0.1, 0.15) is 71.2 Å². The van der Waals surface area contributed by atoms with Crippen molar-refractivity contribution in [2.45, 2.75) is 63.8 Å². The number of aryl methyl sites for hydroxylation is 1. The Kier molecular flexibility index (Phi) is 6.62. The molecule has 2 aromatic rings. The first-order valence-corrected chi connectivity index (χ1v) is 11.7. The molecule has 1 aliphatic heterocycles. The molecule has 1 saturated heterocycles. The molecule has 30 heavy (non-hydrogen) atoms. The summed E-state index contributed by atoms with van der Waals surface area (Å²) in [6, 6.07) is 8.00. The molecule has 2 heterocycles. The maximum Gasteiger partial charge on any atom is 0.317 e. The molecule has 0 spiro atoms. The molecular formula is C22H29N5O2S. The molecule has 7 nitrogen and oxygen atoms in total. The first-order chi connectivity index (χ1) is 14.6. The van der Waals surface area contributed by atoms with Gasteiger partial charge in [-0.1, -0.05) is 48.3 Å². The van der Waals surface area contributed by atoms with Gasteiger partial charge in [0.2, 0.25) is 5.01 Å². The number of nitrogens with zero attached hydrogens (tertiary/aromatic N) is 3. The van der Waals surface area contributed by atoms with E-state index in [1.54, 1.807) is 0 Å². The number of hydrogen-bond acceptors (Lipinski definition) is 5. The lowest BCUT2D eigenvalue weighted by Gasteiger charge is -2.33. The van der Waals surface area contributed by atoms with Crippen LogP contribution in [0.5, 0.6) is 0 Å².